The highest BCUT2D eigenvalue weighted by molar-refractivity contribution is 6.30. The van der Waals surface area contributed by atoms with Crippen LogP contribution in [0.2, 0.25) is 5.02 Å². The first-order valence-electron chi connectivity index (χ1n) is 8.38. The summed E-state index contributed by atoms with van der Waals surface area (Å²) in [6, 6.07) is 14.3. The highest BCUT2D eigenvalue weighted by atomic mass is 35.5. The highest BCUT2D eigenvalue weighted by Crippen LogP contribution is 2.38. The summed E-state index contributed by atoms with van der Waals surface area (Å²) >= 11 is 5.82. The fourth-order valence-corrected chi connectivity index (χ4v) is 2.68. The van der Waals surface area contributed by atoms with Crippen LogP contribution in [0.15, 0.2) is 48.5 Å². The van der Waals surface area contributed by atoms with Crippen molar-refractivity contribution in [3.63, 3.8) is 0 Å². The number of amides is 1. The van der Waals surface area contributed by atoms with Gasteiger partial charge in [0.1, 0.15) is 11.6 Å². The van der Waals surface area contributed by atoms with E-state index in [4.69, 9.17) is 16.3 Å². The number of ether oxygens (including phenoxy) is 1. The Kier molecular flexibility index (Phi) is 4.58. The third-order valence-corrected chi connectivity index (χ3v) is 4.31. The van der Waals surface area contributed by atoms with E-state index in [0.29, 0.717) is 28.2 Å². The normalized spacial score (nSPS) is 13.4. The SMILES string of the molecule is O=C(COc1ccc(Cl)cc1)Nc1cccc(-c2n[nH]c(C3CC3)n2)c1. The van der Waals surface area contributed by atoms with Crippen LogP contribution < -0.4 is 10.1 Å². The summed E-state index contributed by atoms with van der Waals surface area (Å²) in [7, 11) is 0. The predicted octanol–water partition coefficient (Wildman–Crippen LogP) is 4.02. The standard InChI is InChI=1S/C19H17ClN4O2/c20-14-6-8-16(9-7-14)26-11-17(25)21-15-3-1-2-13(10-15)19-22-18(23-24-19)12-4-5-12/h1-3,6-10,12H,4-5,11H2,(H,21,25)(H,22,23,24). The highest BCUT2D eigenvalue weighted by Gasteiger charge is 2.27. The topological polar surface area (TPSA) is 79.9 Å². The molecule has 0 saturated heterocycles. The quantitative estimate of drug-likeness (QED) is 0.688. The first kappa shape index (κ1) is 16.6. The number of aromatic nitrogens is 3. The minimum atomic E-state index is -0.245. The fourth-order valence-electron chi connectivity index (χ4n) is 2.56. The van der Waals surface area contributed by atoms with Crippen molar-refractivity contribution in [2.24, 2.45) is 0 Å². The Balaban J connectivity index is 1.38. The van der Waals surface area contributed by atoms with Crippen molar-refractivity contribution in [2.75, 3.05) is 11.9 Å². The maximum absolute atomic E-state index is 12.1. The molecule has 1 fully saturated rings. The molecule has 0 aliphatic heterocycles. The van der Waals surface area contributed by atoms with Gasteiger partial charge in [-0.2, -0.15) is 5.10 Å². The van der Waals surface area contributed by atoms with Crippen LogP contribution in [0.3, 0.4) is 0 Å². The molecule has 1 aliphatic carbocycles. The maximum Gasteiger partial charge on any atom is 0.262 e. The second-order valence-electron chi connectivity index (χ2n) is 6.19. The average molecular weight is 369 g/mol. The average Bonchev–Trinajstić information content (AvgIpc) is 3.38. The van der Waals surface area contributed by atoms with E-state index in [1.807, 2.05) is 24.3 Å². The third kappa shape index (κ3) is 4.03. The number of halogens is 1. The van der Waals surface area contributed by atoms with E-state index in [1.54, 1.807) is 24.3 Å². The molecular weight excluding hydrogens is 352 g/mol. The molecule has 1 heterocycles. The van der Waals surface area contributed by atoms with E-state index in [0.717, 1.165) is 11.4 Å². The Labute approximate surface area is 155 Å². The Morgan fingerprint density at radius 3 is 2.81 bits per heavy atom. The zero-order valence-corrected chi connectivity index (χ0v) is 14.7. The summed E-state index contributed by atoms with van der Waals surface area (Å²) < 4.78 is 5.45. The molecule has 1 aliphatic rings. The lowest BCUT2D eigenvalue weighted by Gasteiger charge is -2.08. The number of rotatable bonds is 6. The molecule has 0 atom stereocenters. The maximum atomic E-state index is 12.1. The molecule has 0 unspecified atom stereocenters. The summed E-state index contributed by atoms with van der Waals surface area (Å²) in [6.45, 7) is -0.0850. The number of benzene rings is 2. The Bertz CT molecular complexity index is 919. The number of hydrogen-bond acceptors (Lipinski definition) is 4. The van der Waals surface area contributed by atoms with Crippen molar-refractivity contribution in [2.45, 2.75) is 18.8 Å². The number of carbonyl (C=O) groups is 1. The van der Waals surface area contributed by atoms with Crippen molar-refractivity contribution in [1.82, 2.24) is 15.2 Å². The number of hydrogen-bond donors (Lipinski definition) is 2. The molecule has 0 spiro atoms. The number of H-pyrrole nitrogens is 1. The number of carbonyl (C=O) groups excluding carboxylic acids is 1. The molecule has 1 aromatic heterocycles. The first-order valence-corrected chi connectivity index (χ1v) is 8.76. The van der Waals surface area contributed by atoms with Gasteiger partial charge in [-0.3, -0.25) is 9.89 Å². The van der Waals surface area contributed by atoms with Crippen LogP contribution in [0, 0.1) is 0 Å². The lowest BCUT2D eigenvalue weighted by atomic mass is 10.2. The van der Waals surface area contributed by atoms with Crippen LogP contribution in [-0.2, 0) is 4.79 Å². The van der Waals surface area contributed by atoms with Crippen molar-refractivity contribution in [3.05, 3.63) is 59.4 Å². The van der Waals surface area contributed by atoms with E-state index >= 15 is 0 Å². The van der Waals surface area contributed by atoms with Crippen LogP contribution in [0.25, 0.3) is 11.4 Å². The van der Waals surface area contributed by atoms with Crippen molar-refractivity contribution in [1.29, 1.82) is 0 Å². The summed E-state index contributed by atoms with van der Waals surface area (Å²) in [5, 5.41) is 10.7. The van der Waals surface area contributed by atoms with Gasteiger partial charge in [0.2, 0.25) is 0 Å². The van der Waals surface area contributed by atoms with Crippen molar-refractivity contribution in [3.8, 4) is 17.1 Å². The largest absolute Gasteiger partial charge is 0.484 e. The number of nitrogens with zero attached hydrogens (tertiary/aromatic N) is 2. The van der Waals surface area contributed by atoms with Crippen molar-refractivity contribution < 1.29 is 9.53 Å². The second kappa shape index (κ2) is 7.17. The van der Waals surface area contributed by atoms with E-state index in [9.17, 15) is 4.79 Å². The van der Waals surface area contributed by atoms with Crippen LogP contribution in [0.5, 0.6) is 5.75 Å². The molecule has 0 radical (unpaired) electrons. The van der Waals surface area contributed by atoms with Gasteiger partial charge in [0.15, 0.2) is 12.4 Å². The molecule has 1 saturated carbocycles. The molecule has 3 aromatic rings. The molecule has 4 rings (SSSR count). The van der Waals surface area contributed by atoms with Crippen LogP contribution in [-0.4, -0.2) is 27.7 Å². The summed E-state index contributed by atoms with van der Waals surface area (Å²) in [4.78, 5) is 16.6. The Morgan fingerprint density at radius 1 is 1.23 bits per heavy atom. The molecule has 132 valence electrons. The van der Waals surface area contributed by atoms with E-state index in [1.165, 1.54) is 12.8 Å². The summed E-state index contributed by atoms with van der Waals surface area (Å²) in [5.41, 5.74) is 1.52. The minimum Gasteiger partial charge on any atom is -0.484 e. The Hall–Kier alpha value is -2.86. The molecule has 26 heavy (non-hydrogen) atoms. The first-order chi connectivity index (χ1) is 12.7. The molecule has 6 nitrogen and oxygen atoms in total. The van der Waals surface area contributed by atoms with Gasteiger partial charge in [0, 0.05) is 22.2 Å². The van der Waals surface area contributed by atoms with Crippen LogP contribution in [0.4, 0.5) is 5.69 Å². The molecular formula is C19H17ClN4O2. The lowest BCUT2D eigenvalue weighted by molar-refractivity contribution is -0.118. The van der Waals surface area contributed by atoms with Crippen LogP contribution >= 0.6 is 11.6 Å². The van der Waals surface area contributed by atoms with Gasteiger partial charge in [-0.1, -0.05) is 23.7 Å². The van der Waals surface area contributed by atoms with E-state index in [-0.39, 0.29) is 12.5 Å². The molecule has 7 heteroatoms. The predicted molar refractivity (Wildman–Crippen MR) is 99.4 cm³/mol. The molecule has 1 amide bonds. The van der Waals surface area contributed by atoms with Gasteiger partial charge in [-0.25, -0.2) is 4.98 Å². The van der Waals surface area contributed by atoms with Gasteiger partial charge in [0.05, 0.1) is 0 Å². The molecule has 2 aromatic carbocycles. The van der Waals surface area contributed by atoms with Crippen LogP contribution in [0.1, 0.15) is 24.6 Å². The minimum absolute atomic E-state index is 0.0850. The number of nitrogens with one attached hydrogen (secondary N) is 2. The Morgan fingerprint density at radius 2 is 2.04 bits per heavy atom. The van der Waals surface area contributed by atoms with Gasteiger partial charge >= 0.3 is 0 Å². The zero-order valence-electron chi connectivity index (χ0n) is 13.9. The van der Waals surface area contributed by atoms with Gasteiger partial charge in [0.25, 0.3) is 5.91 Å². The van der Waals surface area contributed by atoms with Gasteiger partial charge in [-0.05, 0) is 49.2 Å². The zero-order chi connectivity index (χ0) is 17.9. The van der Waals surface area contributed by atoms with Gasteiger partial charge in [-0.15, -0.1) is 0 Å². The fraction of sp³-hybridized carbons (Fsp3) is 0.211. The van der Waals surface area contributed by atoms with Gasteiger partial charge < -0.3 is 10.1 Å². The monoisotopic (exact) mass is 368 g/mol. The number of aromatic amines is 1. The summed E-state index contributed by atoms with van der Waals surface area (Å²) in [5.74, 6) is 2.44. The molecule has 2 N–H and O–H groups in total. The lowest BCUT2D eigenvalue weighted by Crippen LogP contribution is -2.20. The van der Waals surface area contributed by atoms with Crippen molar-refractivity contribution >= 4 is 23.2 Å². The smallest absolute Gasteiger partial charge is 0.262 e. The van der Waals surface area contributed by atoms with E-state index < -0.39 is 0 Å². The second-order valence-corrected chi connectivity index (χ2v) is 6.63. The number of anilines is 1. The molecule has 0 bridgehead atoms. The third-order valence-electron chi connectivity index (χ3n) is 4.05. The summed E-state index contributed by atoms with van der Waals surface area (Å²) in [6.07, 6.45) is 2.33. The van der Waals surface area contributed by atoms with E-state index in [2.05, 4.69) is 20.5 Å².